The molecule has 140 valence electrons. The van der Waals surface area contributed by atoms with E-state index in [1.807, 2.05) is 18.6 Å². The summed E-state index contributed by atoms with van der Waals surface area (Å²) in [5.74, 6) is 1.34. The fourth-order valence-corrected chi connectivity index (χ4v) is 3.68. The number of pyridine rings is 1. The Morgan fingerprint density at radius 3 is 2.67 bits per heavy atom. The zero-order valence-corrected chi connectivity index (χ0v) is 15.9. The Morgan fingerprint density at radius 1 is 1.15 bits per heavy atom. The molecule has 0 bridgehead atoms. The van der Waals surface area contributed by atoms with Gasteiger partial charge in [-0.3, -0.25) is 5.10 Å². The highest BCUT2D eigenvalue weighted by Gasteiger charge is 2.22. The van der Waals surface area contributed by atoms with Crippen molar-refractivity contribution in [1.29, 1.82) is 0 Å². The molecular formula is C21H26N6. The van der Waals surface area contributed by atoms with Crippen LogP contribution in [0.3, 0.4) is 0 Å². The molecule has 3 heterocycles. The predicted molar refractivity (Wildman–Crippen MR) is 110 cm³/mol. The third kappa shape index (κ3) is 3.86. The molecule has 0 saturated carbocycles. The van der Waals surface area contributed by atoms with E-state index in [0.717, 1.165) is 59.3 Å². The van der Waals surface area contributed by atoms with Gasteiger partial charge in [0, 0.05) is 62.1 Å². The van der Waals surface area contributed by atoms with Crippen LogP contribution in [0.2, 0.25) is 0 Å². The largest absolute Gasteiger partial charge is 0.344 e. The molecule has 0 spiro atoms. The molecular weight excluding hydrogens is 336 g/mol. The number of nitrogens with zero attached hydrogens (tertiary/aromatic N) is 4. The maximum atomic E-state index is 4.57. The number of hydrazine groups is 1. The smallest absolute Gasteiger partial charge is 0.130 e. The van der Waals surface area contributed by atoms with Crippen molar-refractivity contribution in [1.82, 2.24) is 25.2 Å². The highest BCUT2D eigenvalue weighted by molar-refractivity contribution is 5.88. The minimum Gasteiger partial charge on any atom is -0.344 e. The van der Waals surface area contributed by atoms with Crippen molar-refractivity contribution in [2.45, 2.75) is 12.8 Å². The Kier molecular flexibility index (Phi) is 4.92. The zero-order valence-electron chi connectivity index (χ0n) is 15.9. The Bertz CT molecular complexity index is 923. The number of aromatic amines is 1. The van der Waals surface area contributed by atoms with Gasteiger partial charge in [-0.1, -0.05) is 18.7 Å². The quantitative estimate of drug-likeness (QED) is 0.724. The van der Waals surface area contributed by atoms with Crippen molar-refractivity contribution in [2.24, 2.45) is 5.92 Å². The SMILES string of the molecule is C=C(Nc1cc2cc(-c3cn[nH]c3)ccc2cn1)C1CCN(N(C)C)CC1. The van der Waals surface area contributed by atoms with Crippen LogP contribution in [0.5, 0.6) is 0 Å². The van der Waals surface area contributed by atoms with Crippen LogP contribution in [0, 0.1) is 5.92 Å². The predicted octanol–water partition coefficient (Wildman–Crippen LogP) is 3.74. The second-order valence-corrected chi connectivity index (χ2v) is 7.34. The van der Waals surface area contributed by atoms with Crippen LogP contribution >= 0.6 is 0 Å². The summed E-state index contributed by atoms with van der Waals surface area (Å²) >= 11 is 0. The summed E-state index contributed by atoms with van der Waals surface area (Å²) in [4.78, 5) is 4.57. The van der Waals surface area contributed by atoms with Gasteiger partial charge in [-0.25, -0.2) is 15.0 Å². The van der Waals surface area contributed by atoms with E-state index < -0.39 is 0 Å². The molecule has 4 rings (SSSR count). The number of rotatable bonds is 5. The van der Waals surface area contributed by atoms with Gasteiger partial charge in [0.05, 0.1) is 6.20 Å². The molecule has 1 saturated heterocycles. The van der Waals surface area contributed by atoms with Gasteiger partial charge in [0.15, 0.2) is 0 Å². The molecule has 2 N–H and O–H groups in total. The number of fused-ring (bicyclic) bond motifs is 1. The molecule has 1 fully saturated rings. The average molecular weight is 362 g/mol. The number of anilines is 1. The van der Waals surface area contributed by atoms with Crippen molar-refractivity contribution in [3.05, 3.63) is 55.1 Å². The number of nitrogens with one attached hydrogen (secondary N) is 2. The average Bonchev–Trinajstić information content (AvgIpc) is 3.22. The first kappa shape index (κ1) is 17.7. The summed E-state index contributed by atoms with van der Waals surface area (Å²) in [6.07, 6.45) is 7.89. The summed E-state index contributed by atoms with van der Waals surface area (Å²) in [5.41, 5.74) is 3.29. The Hall–Kier alpha value is -2.70. The zero-order chi connectivity index (χ0) is 18.8. The number of benzene rings is 1. The minimum absolute atomic E-state index is 0.482. The van der Waals surface area contributed by atoms with E-state index in [1.165, 1.54) is 0 Å². The molecule has 0 aliphatic carbocycles. The van der Waals surface area contributed by atoms with Crippen molar-refractivity contribution in [2.75, 3.05) is 32.5 Å². The van der Waals surface area contributed by atoms with Crippen molar-refractivity contribution in [3.63, 3.8) is 0 Å². The lowest BCUT2D eigenvalue weighted by Gasteiger charge is -2.36. The molecule has 1 aliphatic heterocycles. The number of hydrogen-bond donors (Lipinski definition) is 2. The lowest BCUT2D eigenvalue weighted by Crippen LogP contribution is -2.43. The van der Waals surface area contributed by atoms with Crippen molar-refractivity contribution < 1.29 is 0 Å². The summed E-state index contributed by atoms with van der Waals surface area (Å²) in [6, 6.07) is 8.46. The van der Waals surface area contributed by atoms with Crippen LogP contribution in [0.25, 0.3) is 21.9 Å². The second-order valence-electron chi connectivity index (χ2n) is 7.34. The van der Waals surface area contributed by atoms with E-state index in [4.69, 9.17) is 0 Å². The van der Waals surface area contributed by atoms with Gasteiger partial charge < -0.3 is 5.32 Å². The van der Waals surface area contributed by atoms with Gasteiger partial charge >= 0.3 is 0 Å². The summed E-state index contributed by atoms with van der Waals surface area (Å²) < 4.78 is 0. The number of hydrogen-bond acceptors (Lipinski definition) is 5. The van der Waals surface area contributed by atoms with Crippen LogP contribution in [-0.2, 0) is 0 Å². The highest BCUT2D eigenvalue weighted by Crippen LogP contribution is 2.27. The van der Waals surface area contributed by atoms with Crippen LogP contribution < -0.4 is 5.32 Å². The third-order valence-electron chi connectivity index (χ3n) is 5.37. The standard InChI is InChI=1S/C21H26N6/c1-15(16-6-8-27(9-7-16)26(2)3)25-21-11-19-10-17(20-13-23-24-14-20)4-5-18(19)12-22-21/h4-5,10-14,16H,1,6-9H2,2-3H3,(H,22,25)(H,23,24). The Labute approximate surface area is 159 Å². The normalized spacial score (nSPS) is 16.1. The van der Waals surface area contributed by atoms with E-state index in [-0.39, 0.29) is 0 Å². The monoisotopic (exact) mass is 362 g/mol. The maximum absolute atomic E-state index is 4.57. The van der Waals surface area contributed by atoms with Crippen LogP contribution in [-0.4, -0.2) is 52.4 Å². The van der Waals surface area contributed by atoms with E-state index in [2.05, 4.69) is 75.5 Å². The first-order valence-electron chi connectivity index (χ1n) is 9.37. The lowest BCUT2D eigenvalue weighted by atomic mass is 9.94. The molecule has 0 radical (unpaired) electrons. The molecule has 1 aliphatic rings. The summed E-state index contributed by atoms with van der Waals surface area (Å²) in [6.45, 7) is 6.42. The lowest BCUT2D eigenvalue weighted by molar-refractivity contribution is -0.00198. The molecule has 3 aromatic rings. The van der Waals surface area contributed by atoms with Gasteiger partial charge in [0.2, 0.25) is 0 Å². The fourth-order valence-electron chi connectivity index (χ4n) is 3.68. The first-order chi connectivity index (χ1) is 13.1. The Balaban J connectivity index is 1.48. The minimum atomic E-state index is 0.482. The number of allylic oxidation sites excluding steroid dienone is 1. The molecule has 6 heteroatoms. The second kappa shape index (κ2) is 7.50. The van der Waals surface area contributed by atoms with Crippen LogP contribution in [0.1, 0.15) is 12.8 Å². The highest BCUT2D eigenvalue weighted by atomic mass is 15.6. The Morgan fingerprint density at radius 2 is 1.96 bits per heavy atom. The van der Waals surface area contributed by atoms with Gasteiger partial charge in [-0.2, -0.15) is 5.10 Å². The van der Waals surface area contributed by atoms with E-state index >= 15 is 0 Å². The van der Waals surface area contributed by atoms with Crippen molar-refractivity contribution >= 4 is 16.6 Å². The van der Waals surface area contributed by atoms with Crippen LogP contribution in [0.4, 0.5) is 5.82 Å². The van der Waals surface area contributed by atoms with Gasteiger partial charge in [-0.15, -0.1) is 0 Å². The molecule has 0 amide bonds. The molecule has 1 aromatic carbocycles. The van der Waals surface area contributed by atoms with Crippen LogP contribution in [0.15, 0.2) is 55.1 Å². The summed E-state index contributed by atoms with van der Waals surface area (Å²) in [7, 11) is 4.20. The summed E-state index contributed by atoms with van der Waals surface area (Å²) in [5, 5.41) is 17.2. The van der Waals surface area contributed by atoms with Gasteiger partial charge in [-0.05, 0) is 35.9 Å². The molecule has 2 aromatic heterocycles. The number of aromatic nitrogens is 3. The van der Waals surface area contributed by atoms with Gasteiger partial charge in [0.1, 0.15) is 5.82 Å². The fraction of sp³-hybridized carbons (Fsp3) is 0.333. The molecule has 6 nitrogen and oxygen atoms in total. The third-order valence-corrected chi connectivity index (χ3v) is 5.37. The molecule has 0 unspecified atom stereocenters. The number of piperidine rings is 1. The maximum Gasteiger partial charge on any atom is 0.130 e. The number of H-pyrrole nitrogens is 1. The van der Waals surface area contributed by atoms with Gasteiger partial charge in [0.25, 0.3) is 0 Å². The molecule has 0 atom stereocenters. The van der Waals surface area contributed by atoms with Crippen molar-refractivity contribution in [3.8, 4) is 11.1 Å². The topological polar surface area (TPSA) is 60.1 Å². The molecule has 27 heavy (non-hydrogen) atoms. The first-order valence-corrected chi connectivity index (χ1v) is 9.37. The van der Waals surface area contributed by atoms with E-state index in [0.29, 0.717) is 5.92 Å². The van der Waals surface area contributed by atoms with E-state index in [1.54, 1.807) is 0 Å². The van der Waals surface area contributed by atoms with E-state index in [9.17, 15) is 0 Å².